The average molecular weight is 260 g/mol. The number of benzene rings is 1. The van der Waals surface area contributed by atoms with E-state index >= 15 is 0 Å². The van der Waals surface area contributed by atoms with Crippen LogP contribution >= 0.6 is 0 Å². The quantitative estimate of drug-likeness (QED) is 0.563. The van der Waals surface area contributed by atoms with E-state index in [-0.39, 0.29) is 11.9 Å². The van der Waals surface area contributed by atoms with Crippen LogP contribution < -0.4 is 11.1 Å². The van der Waals surface area contributed by atoms with Gasteiger partial charge in [-0.25, -0.2) is 4.79 Å². The second kappa shape index (κ2) is 6.22. The van der Waals surface area contributed by atoms with E-state index in [0.717, 1.165) is 31.6 Å². The number of anilines is 1. The van der Waals surface area contributed by atoms with Crippen molar-refractivity contribution in [1.82, 2.24) is 4.90 Å². The zero-order valence-corrected chi connectivity index (χ0v) is 11.0. The maximum absolute atomic E-state index is 12.1. The minimum atomic E-state index is -0.0440. The fourth-order valence-electron chi connectivity index (χ4n) is 2.21. The van der Waals surface area contributed by atoms with Gasteiger partial charge >= 0.3 is 6.03 Å². The first-order valence-electron chi connectivity index (χ1n) is 6.67. The van der Waals surface area contributed by atoms with E-state index in [2.05, 4.69) is 5.32 Å². The van der Waals surface area contributed by atoms with Gasteiger partial charge in [0.25, 0.3) is 0 Å². The fourth-order valence-corrected chi connectivity index (χ4v) is 2.21. The summed E-state index contributed by atoms with van der Waals surface area (Å²) in [5.41, 5.74) is 6.78. The molecule has 0 spiro atoms. The van der Waals surface area contributed by atoms with Crippen LogP contribution in [0.5, 0.6) is 0 Å². The largest absolute Gasteiger partial charge is 0.384 e. The lowest BCUT2D eigenvalue weighted by molar-refractivity contribution is 0.214. The predicted molar refractivity (Wildman–Crippen MR) is 76.5 cm³/mol. The lowest BCUT2D eigenvalue weighted by Crippen LogP contribution is -2.35. The van der Waals surface area contributed by atoms with Crippen LogP contribution in [0.2, 0.25) is 0 Å². The third-order valence-corrected chi connectivity index (χ3v) is 3.34. The summed E-state index contributed by atoms with van der Waals surface area (Å²) in [5.74, 6) is 0.0328. The summed E-state index contributed by atoms with van der Waals surface area (Å²) in [6.07, 6.45) is 4.57. The second-order valence-corrected chi connectivity index (χ2v) is 4.82. The molecular formula is C14H20N4O. The van der Waals surface area contributed by atoms with Gasteiger partial charge < -0.3 is 16.0 Å². The molecule has 0 saturated carbocycles. The minimum Gasteiger partial charge on any atom is -0.384 e. The summed E-state index contributed by atoms with van der Waals surface area (Å²) >= 11 is 0. The summed E-state index contributed by atoms with van der Waals surface area (Å²) in [6, 6.07) is 6.97. The number of carbonyl (C=O) groups excluding carboxylic acids is 1. The monoisotopic (exact) mass is 260 g/mol. The van der Waals surface area contributed by atoms with Crippen LogP contribution in [0.4, 0.5) is 10.5 Å². The molecule has 0 radical (unpaired) electrons. The Morgan fingerprint density at radius 3 is 2.21 bits per heavy atom. The highest BCUT2D eigenvalue weighted by atomic mass is 16.2. The Labute approximate surface area is 113 Å². The molecule has 1 aliphatic rings. The smallest absolute Gasteiger partial charge is 0.321 e. The molecule has 102 valence electrons. The predicted octanol–water partition coefficient (Wildman–Crippen LogP) is 2.38. The van der Waals surface area contributed by atoms with Gasteiger partial charge in [-0.2, -0.15) is 0 Å². The highest BCUT2D eigenvalue weighted by Crippen LogP contribution is 2.13. The van der Waals surface area contributed by atoms with E-state index in [4.69, 9.17) is 11.1 Å². The van der Waals surface area contributed by atoms with Crippen LogP contribution in [-0.4, -0.2) is 29.9 Å². The van der Waals surface area contributed by atoms with E-state index < -0.39 is 0 Å². The second-order valence-electron chi connectivity index (χ2n) is 4.82. The molecule has 1 aliphatic heterocycles. The molecule has 1 heterocycles. The molecule has 0 aliphatic carbocycles. The number of amidine groups is 1. The third-order valence-electron chi connectivity index (χ3n) is 3.34. The van der Waals surface area contributed by atoms with Crippen LogP contribution in [0.3, 0.4) is 0 Å². The molecule has 5 nitrogen and oxygen atoms in total. The number of nitrogens with two attached hydrogens (primary N) is 1. The van der Waals surface area contributed by atoms with Crippen LogP contribution in [0, 0.1) is 5.41 Å². The number of urea groups is 1. The maximum Gasteiger partial charge on any atom is 0.321 e. The number of amides is 2. The summed E-state index contributed by atoms with van der Waals surface area (Å²) < 4.78 is 0. The van der Waals surface area contributed by atoms with E-state index in [1.54, 1.807) is 24.3 Å². The van der Waals surface area contributed by atoms with Crippen molar-refractivity contribution in [3.63, 3.8) is 0 Å². The van der Waals surface area contributed by atoms with Crippen molar-refractivity contribution in [3.8, 4) is 0 Å². The number of nitrogens with one attached hydrogen (secondary N) is 2. The Balaban J connectivity index is 1.95. The fraction of sp³-hybridized carbons (Fsp3) is 0.429. The third kappa shape index (κ3) is 3.71. The van der Waals surface area contributed by atoms with Crippen molar-refractivity contribution < 1.29 is 4.79 Å². The van der Waals surface area contributed by atoms with Gasteiger partial charge in [0, 0.05) is 24.3 Å². The van der Waals surface area contributed by atoms with Crippen LogP contribution in [0.1, 0.15) is 31.2 Å². The molecule has 1 fully saturated rings. The lowest BCUT2D eigenvalue weighted by Gasteiger charge is -2.20. The summed E-state index contributed by atoms with van der Waals surface area (Å²) in [6.45, 7) is 1.66. The van der Waals surface area contributed by atoms with Gasteiger partial charge in [0.05, 0.1) is 0 Å². The van der Waals surface area contributed by atoms with Gasteiger partial charge in [0.2, 0.25) is 0 Å². The molecule has 2 rings (SSSR count). The van der Waals surface area contributed by atoms with Crippen molar-refractivity contribution in [2.45, 2.75) is 25.7 Å². The molecule has 2 amide bonds. The van der Waals surface area contributed by atoms with Gasteiger partial charge in [-0.05, 0) is 37.1 Å². The van der Waals surface area contributed by atoms with E-state index in [0.29, 0.717) is 5.56 Å². The van der Waals surface area contributed by atoms with Gasteiger partial charge in [-0.1, -0.05) is 12.8 Å². The number of hydrogen-bond acceptors (Lipinski definition) is 2. The molecule has 1 saturated heterocycles. The standard InChI is InChI=1S/C14H20N4O/c15-13(16)11-5-7-12(8-6-11)17-14(19)18-9-3-1-2-4-10-18/h5-8H,1-4,9-10H2,(H3,15,16)(H,17,19). The average Bonchev–Trinajstić information content (AvgIpc) is 2.68. The SMILES string of the molecule is N=C(N)c1ccc(NC(=O)N2CCCCCC2)cc1. The summed E-state index contributed by atoms with van der Waals surface area (Å²) in [4.78, 5) is 14.0. The van der Waals surface area contributed by atoms with Crippen molar-refractivity contribution in [3.05, 3.63) is 29.8 Å². The molecule has 19 heavy (non-hydrogen) atoms. The number of likely N-dealkylation sites (tertiary alicyclic amines) is 1. The first-order chi connectivity index (χ1) is 9.16. The lowest BCUT2D eigenvalue weighted by atomic mass is 10.2. The number of nitrogen functional groups attached to an aromatic ring is 1. The minimum absolute atomic E-state index is 0.0328. The summed E-state index contributed by atoms with van der Waals surface area (Å²) in [7, 11) is 0. The van der Waals surface area contributed by atoms with E-state index in [1.807, 2.05) is 4.90 Å². The highest BCUT2D eigenvalue weighted by Gasteiger charge is 2.15. The topological polar surface area (TPSA) is 82.2 Å². The normalized spacial score (nSPS) is 15.7. The van der Waals surface area contributed by atoms with Crippen molar-refractivity contribution in [1.29, 1.82) is 5.41 Å². The Hall–Kier alpha value is -2.04. The van der Waals surface area contributed by atoms with E-state index in [1.165, 1.54) is 12.8 Å². The molecular weight excluding hydrogens is 240 g/mol. The zero-order chi connectivity index (χ0) is 13.7. The van der Waals surface area contributed by atoms with Crippen molar-refractivity contribution >= 4 is 17.6 Å². The number of rotatable bonds is 2. The van der Waals surface area contributed by atoms with Crippen LogP contribution in [0.25, 0.3) is 0 Å². The van der Waals surface area contributed by atoms with Crippen LogP contribution in [0.15, 0.2) is 24.3 Å². The van der Waals surface area contributed by atoms with Gasteiger partial charge in [-0.15, -0.1) is 0 Å². The maximum atomic E-state index is 12.1. The Morgan fingerprint density at radius 2 is 1.68 bits per heavy atom. The van der Waals surface area contributed by atoms with Gasteiger partial charge in [0.15, 0.2) is 0 Å². The molecule has 0 bridgehead atoms. The molecule has 0 aromatic heterocycles. The first-order valence-corrected chi connectivity index (χ1v) is 6.67. The van der Waals surface area contributed by atoms with Gasteiger partial charge in [-0.3, -0.25) is 5.41 Å². The van der Waals surface area contributed by atoms with E-state index in [9.17, 15) is 4.79 Å². The Morgan fingerprint density at radius 1 is 1.11 bits per heavy atom. The van der Waals surface area contributed by atoms with Crippen LogP contribution in [-0.2, 0) is 0 Å². The first kappa shape index (κ1) is 13.4. The Bertz CT molecular complexity index is 447. The molecule has 0 atom stereocenters. The molecule has 1 aromatic carbocycles. The Kier molecular flexibility index (Phi) is 4.39. The summed E-state index contributed by atoms with van der Waals surface area (Å²) in [5, 5.41) is 10.2. The zero-order valence-electron chi connectivity index (χ0n) is 11.0. The van der Waals surface area contributed by atoms with Gasteiger partial charge in [0.1, 0.15) is 5.84 Å². The molecule has 5 heteroatoms. The van der Waals surface area contributed by atoms with Crippen molar-refractivity contribution in [2.24, 2.45) is 5.73 Å². The highest BCUT2D eigenvalue weighted by molar-refractivity contribution is 5.96. The molecule has 1 aromatic rings. The van der Waals surface area contributed by atoms with Crippen molar-refractivity contribution in [2.75, 3.05) is 18.4 Å². The number of hydrogen-bond donors (Lipinski definition) is 3. The molecule has 0 unspecified atom stereocenters. The number of nitrogens with zero attached hydrogens (tertiary/aromatic N) is 1. The number of carbonyl (C=O) groups is 1. The molecule has 4 N–H and O–H groups in total.